The van der Waals surface area contributed by atoms with Gasteiger partial charge in [-0.25, -0.2) is 4.79 Å². The lowest BCUT2D eigenvalue weighted by atomic mass is 9.93. The maximum absolute atomic E-state index is 12.0. The number of carbonyl (C=O) groups excluding carboxylic acids is 2. The van der Waals surface area contributed by atoms with Crippen molar-refractivity contribution in [1.82, 2.24) is 10.2 Å². The molecule has 0 aromatic carbocycles. The Morgan fingerprint density at radius 1 is 1.39 bits per heavy atom. The van der Waals surface area contributed by atoms with Gasteiger partial charge in [-0.2, -0.15) is 0 Å². The Kier molecular flexibility index (Phi) is 3.50. The molecule has 2 fully saturated rings. The van der Waals surface area contributed by atoms with E-state index in [4.69, 9.17) is 4.74 Å². The second-order valence-electron chi connectivity index (χ2n) is 6.19. The van der Waals surface area contributed by atoms with Crippen molar-refractivity contribution in [3.05, 3.63) is 0 Å². The number of nitrogens with one attached hydrogen (secondary N) is 1. The molecule has 1 N–H and O–H groups in total. The fourth-order valence-electron chi connectivity index (χ4n) is 2.64. The summed E-state index contributed by atoms with van der Waals surface area (Å²) in [4.78, 5) is 25.5. The van der Waals surface area contributed by atoms with E-state index >= 15 is 0 Å². The van der Waals surface area contributed by atoms with Crippen LogP contribution in [0.1, 0.15) is 33.6 Å². The van der Waals surface area contributed by atoms with Crippen molar-refractivity contribution in [1.29, 1.82) is 0 Å². The predicted molar refractivity (Wildman–Crippen MR) is 67.0 cm³/mol. The number of fused-ring (bicyclic) bond motifs is 1. The van der Waals surface area contributed by atoms with E-state index < -0.39 is 5.60 Å². The number of hydrogen-bond acceptors (Lipinski definition) is 3. The van der Waals surface area contributed by atoms with E-state index in [9.17, 15) is 9.59 Å². The van der Waals surface area contributed by atoms with Crippen LogP contribution < -0.4 is 5.32 Å². The van der Waals surface area contributed by atoms with Gasteiger partial charge in [0, 0.05) is 19.6 Å². The SMILES string of the molecule is CC(C)(C)OC(=O)N1C[C@@H]2CCCNC(=O)[C@@H]2C1. The molecular formula is C13H22N2O3. The Morgan fingerprint density at radius 2 is 2.11 bits per heavy atom. The van der Waals surface area contributed by atoms with Crippen LogP contribution in [0.15, 0.2) is 0 Å². The summed E-state index contributed by atoms with van der Waals surface area (Å²) in [7, 11) is 0. The van der Waals surface area contributed by atoms with Gasteiger partial charge in [-0.05, 0) is 39.5 Å². The molecule has 0 bridgehead atoms. The summed E-state index contributed by atoms with van der Waals surface area (Å²) >= 11 is 0. The molecule has 0 aliphatic carbocycles. The normalized spacial score (nSPS) is 28.4. The van der Waals surface area contributed by atoms with Crippen molar-refractivity contribution in [2.24, 2.45) is 11.8 Å². The second kappa shape index (κ2) is 4.78. The molecule has 18 heavy (non-hydrogen) atoms. The highest BCUT2D eigenvalue weighted by atomic mass is 16.6. The van der Waals surface area contributed by atoms with E-state index in [0.717, 1.165) is 19.4 Å². The van der Waals surface area contributed by atoms with Crippen molar-refractivity contribution in [2.75, 3.05) is 19.6 Å². The molecule has 2 atom stereocenters. The molecule has 0 spiro atoms. The zero-order valence-corrected chi connectivity index (χ0v) is 11.4. The van der Waals surface area contributed by atoms with Gasteiger partial charge in [-0.3, -0.25) is 4.79 Å². The lowest BCUT2D eigenvalue weighted by Crippen LogP contribution is -2.37. The third-order valence-corrected chi connectivity index (χ3v) is 3.48. The van der Waals surface area contributed by atoms with Crippen molar-refractivity contribution in [3.8, 4) is 0 Å². The Balaban J connectivity index is 1.99. The number of carbonyl (C=O) groups is 2. The fraction of sp³-hybridized carbons (Fsp3) is 0.846. The molecule has 0 aromatic rings. The number of ether oxygens (including phenoxy) is 1. The first-order chi connectivity index (χ1) is 8.37. The third kappa shape index (κ3) is 2.94. The molecule has 2 aliphatic rings. The van der Waals surface area contributed by atoms with Gasteiger partial charge < -0.3 is 15.0 Å². The zero-order valence-electron chi connectivity index (χ0n) is 11.4. The Labute approximate surface area is 108 Å². The lowest BCUT2D eigenvalue weighted by molar-refractivity contribution is -0.125. The highest BCUT2D eigenvalue weighted by molar-refractivity contribution is 5.81. The molecule has 2 heterocycles. The molecule has 2 rings (SSSR count). The molecule has 5 heteroatoms. The maximum atomic E-state index is 12.0. The minimum atomic E-state index is -0.482. The summed E-state index contributed by atoms with van der Waals surface area (Å²) in [5.74, 6) is 0.323. The van der Waals surface area contributed by atoms with E-state index in [1.165, 1.54) is 0 Å². The number of likely N-dealkylation sites (tertiary alicyclic amines) is 1. The van der Waals surface area contributed by atoms with Crippen LogP contribution in [0, 0.1) is 11.8 Å². The van der Waals surface area contributed by atoms with Gasteiger partial charge in [0.1, 0.15) is 5.60 Å². The first-order valence-corrected chi connectivity index (χ1v) is 6.62. The van der Waals surface area contributed by atoms with Crippen LogP contribution in [0.3, 0.4) is 0 Å². The van der Waals surface area contributed by atoms with Crippen LogP contribution in [0.4, 0.5) is 4.79 Å². The van der Waals surface area contributed by atoms with Crippen LogP contribution in [-0.4, -0.2) is 42.1 Å². The van der Waals surface area contributed by atoms with Gasteiger partial charge >= 0.3 is 6.09 Å². The molecule has 2 amide bonds. The zero-order chi connectivity index (χ0) is 13.3. The molecule has 2 saturated heterocycles. The molecular weight excluding hydrogens is 232 g/mol. The second-order valence-corrected chi connectivity index (χ2v) is 6.19. The minimum absolute atomic E-state index is 0.0555. The Bertz CT molecular complexity index is 349. The average molecular weight is 254 g/mol. The van der Waals surface area contributed by atoms with Crippen LogP contribution in [0.5, 0.6) is 0 Å². The topological polar surface area (TPSA) is 58.6 Å². The highest BCUT2D eigenvalue weighted by Gasteiger charge is 2.41. The monoisotopic (exact) mass is 254 g/mol. The summed E-state index contributed by atoms with van der Waals surface area (Å²) in [5, 5.41) is 2.91. The van der Waals surface area contributed by atoms with Crippen LogP contribution >= 0.6 is 0 Å². The number of amides is 2. The van der Waals surface area contributed by atoms with E-state index in [2.05, 4.69) is 5.32 Å². The summed E-state index contributed by atoms with van der Waals surface area (Å²) in [6.45, 7) is 7.46. The summed E-state index contributed by atoms with van der Waals surface area (Å²) in [6.07, 6.45) is 1.70. The van der Waals surface area contributed by atoms with Crippen LogP contribution in [-0.2, 0) is 9.53 Å². The van der Waals surface area contributed by atoms with Crippen molar-refractivity contribution in [2.45, 2.75) is 39.2 Å². The quantitative estimate of drug-likeness (QED) is 0.710. The van der Waals surface area contributed by atoms with Crippen LogP contribution in [0.2, 0.25) is 0 Å². The van der Waals surface area contributed by atoms with Gasteiger partial charge in [-0.1, -0.05) is 0 Å². The lowest BCUT2D eigenvalue weighted by Gasteiger charge is -2.24. The van der Waals surface area contributed by atoms with Gasteiger partial charge in [0.25, 0.3) is 0 Å². The van der Waals surface area contributed by atoms with Crippen LogP contribution in [0.25, 0.3) is 0 Å². The first-order valence-electron chi connectivity index (χ1n) is 6.62. The van der Waals surface area contributed by atoms with E-state index in [-0.39, 0.29) is 17.9 Å². The summed E-state index contributed by atoms with van der Waals surface area (Å²) < 4.78 is 5.35. The van der Waals surface area contributed by atoms with Gasteiger partial charge in [-0.15, -0.1) is 0 Å². The standard InChI is InChI=1S/C13H22N2O3/c1-13(2,3)18-12(17)15-7-9-5-4-6-14-11(16)10(9)8-15/h9-10H,4-8H2,1-3H3,(H,14,16)/t9-,10+/m0/s1. The Morgan fingerprint density at radius 3 is 2.78 bits per heavy atom. The number of nitrogens with zero attached hydrogens (tertiary/aromatic N) is 1. The maximum Gasteiger partial charge on any atom is 0.410 e. The molecule has 0 saturated carbocycles. The molecule has 2 aliphatic heterocycles. The Hall–Kier alpha value is -1.26. The van der Waals surface area contributed by atoms with Gasteiger partial charge in [0.15, 0.2) is 0 Å². The number of rotatable bonds is 0. The molecule has 102 valence electrons. The fourth-order valence-corrected chi connectivity index (χ4v) is 2.64. The van der Waals surface area contributed by atoms with E-state index in [1.54, 1.807) is 4.90 Å². The summed E-state index contributed by atoms with van der Waals surface area (Å²) in [5.41, 5.74) is -0.482. The molecule has 0 aromatic heterocycles. The van der Waals surface area contributed by atoms with Crippen molar-refractivity contribution in [3.63, 3.8) is 0 Å². The van der Waals surface area contributed by atoms with Gasteiger partial charge in [0.05, 0.1) is 5.92 Å². The van der Waals surface area contributed by atoms with Gasteiger partial charge in [0.2, 0.25) is 5.91 Å². The smallest absolute Gasteiger partial charge is 0.410 e. The van der Waals surface area contributed by atoms with Crippen molar-refractivity contribution >= 4 is 12.0 Å². The van der Waals surface area contributed by atoms with E-state index in [0.29, 0.717) is 19.0 Å². The molecule has 0 unspecified atom stereocenters. The predicted octanol–water partition coefficient (Wildman–Crippen LogP) is 1.38. The number of hydrogen-bond donors (Lipinski definition) is 1. The van der Waals surface area contributed by atoms with Crippen molar-refractivity contribution < 1.29 is 14.3 Å². The van der Waals surface area contributed by atoms with E-state index in [1.807, 2.05) is 20.8 Å². The largest absolute Gasteiger partial charge is 0.444 e. The summed E-state index contributed by atoms with van der Waals surface area (Å²) in [6, 6.07) is 0. The first kappa shape index (κ1) is 13.2. The average Bonchev–Trinajstić information content (AvgIpc) is 2.59. The molecule has 5 nitrogen and oxygen atoms in total. The highest BCUT2D eigenvalue weighted by Crippen LogP contribution is 2.30. The minimum Gasteiger partial charge on any atom is -0.444 e. The third-order valence-electron chi connectivity index (χ3n) is 3.48. The molecule has 0 radical (unpaired) electrons.